The Morgan fingerprint density at radius 3 is 2.53 bits per heavy atom. The molecule has 36 heavy (non-hydrogen) atoms. The van der Waals surface area contributed by atoms with Gasteiger partial charge in [0.25, 0.3) is 5.56 Å². The molecule has 0 unspecified atom stereocenters. The summed E-state index contributed by atoms with van der Waals surface area (Å²) in [5, 5.41) is 0.536. The van der Waals surface area contributed by atoms with Gasteiger partial charge in [-0.3, -0.25) is 14.2 Å². The fraction of sp³-hybridized carbons (Fsp3) is 0.231. The van der Waals surface area contributed by atoms with E-state index in [1.807, 2.05) is 6.92 Å². The molecule has 1 aliphatic heterocycles. The minimum Gasteiger partial charge on any atom is -0.490 e. The van der Waals surface area contributed by atoms with Gasteiger partial charge < -0.3 is 14.2 Å². The molecule has 2 aromatic carbocycles. The van der Waals surface area contributed by atoms with Gasteiger partial charge in [0.1, 0.15) is 0 Å². The number of methoxy groups -OCH3 is 1. The number of aromatic nitrogens is 1. The molecule has 0 spiro atoms. The SMILES string of the molecule is CCOc1cc(/C=c2\sc3n(c2=O)[C@@H](c2ccc(Cl)cc2)C(C(=O)OC)=C(C)N=3)ccc1OC(C)=O. The normalized spacial score (nSPS) is 15.2. The van der Waals surface area contributed by atoms with Crippen molar-refractivity contribution in [1.82, 2.24) is 4.57 Å². The van der Waals surface area contributed by atoms with E-state index in [0.29, 0.717) is 49.3 Å². The molecule has 0 aliphatic carbocycles. The summed E-state index contributed by atoms with van der Waals surface area (Å²) in [6.45, 7) is 5.22. The Balaban J connectivity index is 1.89. The van der Waals surface area contributed by atoms with Crippen molar-refractivity contribution in [3.8, 4) is 11.5 Å². The van der Waals surface area contributed by atoms with Crippen molar-refractivity contribution in [1.29, 1.82) is 0 Å². The standard InChI is InChI=1S/C26H23ClN2O6S/c1-5-34-20-12-16(6-11-19(20)35-15(3)30)13-21-24(31)29-23(17-7-9-18(27)10-8-17)22(25(32)33-4)14(2)28-26(29)36-21/h6-13,23H,5H2,1-4H3/b21-13-/t23-/m0/s1. The van der Waals surface area contributed by atoms with Crippen LogP contribution in [0.1, 0.15) is 37.9 Å². The van der Waals surface area contributed by atoms with Crippen LogP contribution in [-0.2, 0) is 14.3 Å². The number of hydrogen-bond donors (Lipinski definition) is 0. The highest BCUT2D eigenvalue weighted by Gasteiger charge is 2.33. The van der Waals surface area contributed by atoms with Crippen LogP contribution in [0.15, 0.2) is 63.5 Å². The largest absolute Gasteiger partial charge is 0.490 e. The van der Waals surface area contributed by atoms with E-state index in [0.717, 1.165) is 0 Å². The van der Waals surface area contributed by atoms with Gasteiger partial charge in [0.05, 0.1) is 35.6 Å². The van der Waals surface area contributed by atoms with Crippen LogP contribution in [0.2, 0.25) is 5.02 Å². The highest BCUT2D eigenvalue weighted by atomic mass is 35.5. The monoisotopic (exact) mass is 526 g/mol. The summed E-state index contributed by atoms with van der Waals surface area (Å²) < 4.78 is 17.7. The molecule has 0 bridgehead atoms. The van der Waals surface area contributed by atoms with Crippen LogP contribution in [0, 0.1) is 0 Å². The summed E-state index contributed by atoms with van der Waals surface area (Å²) in [7, 11) is 1.29. The first-order valence-electron chi connectivity index (χ1n) is 11.0. The summed E-state index contributed by atoms with van der Waals surface area (Å²) >= 11 is 7.28. The summed E-state index contributed by atoms with van der Waals surface area (Å²) in [5.74, 6) is -0.343. The average Bonchev–Trinajstić information content (AvgIpc) is 3.14. The Morgan fingerprint density at radius 2 is 1.89 bits per heavy atom. The van der Waals surface area contributed by atoms with Crippen molar-refractivity contribution < 1.29 is 23.8 Å². The molecule has 1 aliphatic rings. The second kappa shape index (κ2) is 10.5. The molecule has 186 valence electrons. The van der Waals surface area contributed by atoms with E-state index in [1.54, 1.807) is 55.5 Å². The number of allylic oxidation sites excluding steroid dienone is 1. The lowest BCUT2D eigenvalue weighted by atomic mass is 9.96. The fourth-order valence-corrected chi connectivity index (χ4v) is 5.10. The average molecular weight is 527 g/mol. The molecule has 8 nitrogen and oxygen atoms in total. The van der Waals surface area contributed by atoms with Gasteiger partial charge in [-0.05, 0) is 55.3 Å². The van der Waals surface area contributed by atoms with Gasteiger partial charge in [-0.1, -0.05) is 41.1 Å². The van der Waals surface area contributed by atoms with E-state index in [1.165, 1.54) is 29.9 Å². The van der Waals surface area contributed by atoms with Crippen LogP contribution < -0.4 is 24.4 Å². The zero-order valence-electron chi connectivity index (χ0n) is 20.0. The molecule has 3 aromatic rings. The lowest BCUT2D eigenvalue weighted by Gasteiger charge is -2.24. The number of benzene rings is 2. The van der Waals surface area contributed by atoms with Gasteiger partial charge in [0, 0.05) is 11.9 Å². The quantitative estimate of drug-likeness (QED) is 0.361. The maximum absolute atomic E-state index is 13.6. The third kappa shape index (κ3) is 4.98. The van der Waals surface area contributed by atoms with Crippen LogP contribution in [0.5, 0.6) is 11.5 Å². The molecule has 0 amide bonds. The Kier molecular flexibility index (Phi) is 7.42. The third-order valence-electron chi connectivity index (χ3n) is 5.43. The third-order valence-corrected chi connectivity index (χ3v) is 6.67. The van der Waals surface area contributed by atoms with E-state index in [2.05, 4.69) is 4.99 Å². The number of carbonyl (C=O) groups is 2. The minimum atomic E-state index is -0.724. The van der Waals surface area contributed by atoms with Crippen LogP contribution in [0.25, 0.3) is 6.08 Å². The van der Waals surface area contributed by atoms with Gasteiger partial charge in [-0.15, -0.1) is 0 Å². The molecule has 0 fully saturated rings. The molecule has 1 aromatic heterocycles. The van der Waals surface area contributed by atoms with Gasteiger partial charge >= 0.3 is 11.9 Å². The fourth-order valence-electron chi connectivity index (χ4n) is 3.93. The van der Waals surface area contributed by atoms with Crippen molar-refractivity contribution in [2.45, 2.75) is 26.8 Å². The Labute approximate surface area is 215 Å². The molecular formula is C26H23ClN2O6S. The number of hydrogen-bond acceptors (Lipinski definition) is 8. The van der Waals surface area contributed by atoms with Gasteiger partial charge in [0.2, 0.25) is 0 Å². The summed E-state index contributed by atoms with van der Waals surface area (Å²) in [6.07, 6.45) is 1.71. The number of fused-ring (bicyclic) bond motifs is 1. The zero-order chi connectivity index (χ0) is 26.0. The molecule has 1 atom stereocenters. The second-order valence-electron chi connectivity index (χ2n) is 7.86. The van der Waals surface area contributed by atoms with E-state index >= 15 is 0 Å². The van der Waals surface area contributed by atoms with Crippen LogP contribution in [-0.4, -0.2) is 30.2 Å². The first-order valence-corrected chi connectivity index (χ1v) is 12.2. The van der Waals surface area contributed by atoms with E-state index < -0.39 is 18.0 Å². The van der Waals surface area contributed by atoms with Crippen molar-refractivity contribution in [2.75, 3.05) is 13.7 Å². The Bertz CT molecular complexity index is 1550. The van der Waals surface area contributed by atoms with Crippen molar-refractivity contribution in [3.63, 3.8) is 0 Å². The Hall–Kier alpha value is -3.69. The number of nitrogens with zero attached hydrogens (tertiary/aromatic N) is 2. The highest BCUT2D eigenvalue weighted by Crippen LogP contribution is 2.31. The number of rotatable bonds is 6. The molecule has 4 rings (SSSR count). The molecule has 0 saturated heterocycles. The maximum Gasteiger partial charge on any atom is 0.338 e. The molecule has 10 heteroatoms. The van der Waals surface area contributed by atoms with Gasteiger partial charge in [0.15, 0.2) is 16.3 Å². The Morgan fingerprint density at radius 1 is 1.17 bits per heavy atom. The van der Waals surface area contributed by atoms with Crippen molar-refractivity contribution >= 4 is 41.0 Å². The summed E-state index contributed by atoms with van der Waals surface area (Å²) in [4.78, 5) is 42.8. The molecule has 0 saturated carbocycles. The van der Waals surface area contributed by atoms with Crippen molar-refractivity contribution in [3.05, 3.63) is 89.6 Å². The van der Waals surface area contributed by atoms with Crippen LogP contribution in [0.4, 0.5) is 0 Å². The molecule has 2 heterocycles. The van der Waals surface area contributed by atoms with Crippen molar-refractivity contribution in [2.24, 2.45) is 4.99 Å². The van der Waals surface area contributed by atoms with E-state index in [-0.39, 0.29) is 11.1 Å². The van der Waals surface area contributed by atoms with Crippen LogP contribution >= 0.6 is 22.9 Å². The summed E-state index contributed by atoms with van der Waals surface area (Å²) in [6, 6.07) is 11.3. The molecule has 0 N–H and O–H groups in total. The second-order valence-corrected chi connectivity index (χ2v) is 9.30. The van der Waals surface area contributed by atoms with Gasteiger partial charge in [-0.25, -0.2) is 9.79 Å². The molecule has 0 radical (unpaired) electrons. The molecular weight excluding hydrogens is 504 g/mol. The zero-order valence-corrected chi connectivity index (χ0v) is 21.6. The predicted octanol–water partition coefficient (Wildman–Crippen LogP) is 3.39. The number of thiazole rings is 1. The smallest absolute Gasteiger partial charge is 0.338 e. The predicted molar refractivity (Wildman–Crippen MR) is 136 cm³/mol. The number of halogens is 1. The number of esters is 2. The van der Waals surface area contributed by atoms with E-state index in [9.17, 15) is 14.4 Å². The lowest BCUT2D eigenvalue weighted by Crippen LogP contribution is -2.39. The number of carbonyl (C=O) groups excluding carboxylic acids is 2. The van der Waals surface area contributed by atoms with Crippen LogP contribution in [0.3, 0.4) is 0 Å². The number of ether oxygens (including phenoxy) is 3. The topological polar surface area (TPSA) is 96.2 Å². The van der Waals surface area contributed by atoms with E-state index in [4.69, 9.17) is 25.8 Å². The lowest BCUT2D eigenvalue weighted by molar-refractivity contribution is -0.136. The highest BCUT2D eigenvalue weighted by molar-refractivity contribution is 7.07. The first-order chi connectivity index (χ1) is 17.2. The first kappa shape index (κ1) is 25.4. The minimum absolute atomic E-state index is 0.281. The summed E-state index contributed by atoms with van der Waals surface area (Å²) in [5.41, 5.74) is 1.81. The van der Waals surface area contributed by atoms with Gasteiger partial charge in [-0.2, -0.15) is 0 Å². The maximum atomic E-state index is 13.6.